The maximum absolute atomic E-state index is 12.5. The average molecular weight is 340 g/mol. The van der Waals surface area contributed by atoms with Gasteiger partial charge in [0.15, 0.2) is 0 Å². The largest absolute Gasteiger partial charge is 0.494 e. The highest BCUT2D eigenvalue weighted by molar-refractivity contribution is 5.85. The van der Waals surface area contributed by atoms with Crippen molar-refractivity contribution in [3.05, 3.63) is 61.9 Å². The molecule has 130 valence electrons. The normalized spacial score (nSPS) is 17.8. The third-order valence-electron chi connectivity index (χ3n) is 5.07. The fraction of sp³-hybridized carbons (Fsp3) is 0.333. The molecule has 0 fully saturated rings. The molecule has 0 aliphatic carbocycles. The molecule has 0 spiro atoms. The lowest BCUT2D eigenvalue weighted by molar-refractivity contribution is 0.250. The van der Waals surface area contributed by atoms with E-state index in [0.717, 1.165) is 35.1 Å². The van der Waals surface area contributed by atoms with Gasteiger partial charge in [0.25, 0.3) is 5.56 Å². The summed E-state index contributed by atoms with van der Waals surface area (Å²) in [5.41, 5.74) is 2.13. The molecule has 7 heteroatoms. The summed E-state index contributed by atoms with van der Waals surface area (Å²) in [7, 11) is 1.92. The van der Waals surface area contributed by atoms with Crippen LogP contribution in [-0.4, -0.2) is 38.1 Å². The Kier molecular flexibility index (Phi) is 3.54. The number of hydrogen-bond acceptors (Lipinski definition) is 4. The maximum Gasteiger partial charge on any atom is 0.331 e. The molecule has 3 aromatic rings. The molecule has 2 aromatic heterocycles. The molecule has 1 aliphatic heterocycles. The first-order chi connectivity index (χ1) is 12.0. The minimum atomic E-state index is -0.593. The van der Waals surface area contributed by atoms with E-state index >= 15 is 0 Å². The number of hydrogen-bond donors (Lipinski definition) is 3. The molecule has 0 radical (unpaired) electrons. The van der Waals surface area contributed by atoms with Crippen LogP contribution in [0.25, 0.3) is 10.9 Å². The van der Waals surface area contributed by atoms with Gasteiger partial charge in [0.2, 0.25) is 5.88 Å². The van der Waals surface area contributed by atoms with Gasteiger partial charge in [-0.15, -0.1) is 0 Å². The molecule has 3 heterocycles. The lowest BCUT2D eigenvalue weighted by Gasteiger charge is -2.32. The van der Waals surface area contributed by atoms with Crippen LogP contribution in [0, 0.1) is 0 Å². The number of nitrogens with one attached hydrogen (secondary N) is 2. The summed E-state index contributed by atoms with van der Waals surface area (Å²) in [5.74, 6) is -0.264. The van der Waals surface area contributed by atoms with E-state index in [1.807, 2.05) is 30.1 Å². The van der Waals surface area contributed by atoms with Gasteiger partial charge in [0.1, 0.15) is 5.56 Å². The van der Waals surface area contributed by atoms with Gasteiger partial charge in [-0.3, -0.25) is 19.2 Å². The second-order valence-corrected chi connectivity index (χ2v) is 6.44. The first kappa shape index (κ1) is 15.7. The summed E-state index contributed by atoms with van der Waals surface area (Å²) >= 11 is 0. The lowest BCUT2D eigenvalue weighted by Crippen LogP contribution is -2.39. The molecule has 3 N–H and O–H groups in total. The fourth-order valence-corrected chi connectivity index (χ4v) is 3.84. The van der Waals surface area contributed by atoms with Crippen molar-refractivity contribution in [3.8, 4) is 5.88 Å². The Hall–Kier alpha value is -2.80. The van der Waals surface area contributed by atoms with E-state index in [0.29, 0.717) is 0 Å². The molecule has 1 unspecified atom stereocenters. The van der Waals surface area contributed by atoms with Crippen LogP contribution in [0.1, 0.15) is 29.8 Å². The summed E-state index contributed by atoms with van der Waals surface area (Å²) in [4.78, 5) is 32.2. The number of rotatable bonds is 2. The topological polar surface area (TPSA) is 94.1 Å². The number of nitrogens with zero attached hydrogens (tertiary/aromatic N) is 2. The summed E-state index contributed by atoms with van der Waals surface area (Å²) in [6.45, 7) is 2.79. The van der Waals surface area contributed by atoms with Gasteiger partial charge in [-0.1, -0.05) is 18.2 Å². The van der Waals surface area contributed by atoms with Crippen molar-refractivity contribution in [2.45, 2.75) is 25.9 Å². The summed E-state index contributed by atoms with van der Waals surface area (Å²) in [6.07, 6.45) is 0.860. The quantitative estimate of drug-likeness (QED) is 0.656. The fourth-order valence-electron chi connectivity index (χ4n) is 3.84. The molecular formula is C18H20N4O3. The molecule has 0 saturated heterocycles. The Morgan fingerprint density at radius 2 is 2.00 bits per heavy atom. The van der Waals surface area contributed by atoms with Crippen molar-refractivity contribution in [2.75, 3.05) is 13.6 Å². The maximum atomic E-state index is 12.5. The third kappa shape index (κ3) is 2.23. The van der Waals surface area contributed by atoms with E-state index in [1.165, 1.54) is 4.57 Å². The van der Waals surface area contributed by atoms with Crippen LogP contribution in [-0.2, 0) is 13.0 Å². The zero-order valence-corrected chi connectivity index (χ0v) is 14.2. The molecule has 0 amide bonds. The number of aromatic nitrogens is 3. The zero-order chi connectivity index (χ0) is 17.7. The number of aromatic hydroxyl groups is 1. The van der Waals surface area contributed by atoms with Gasteiger partial charge in [0, 0.05) is 29.7 Å². The van der Waals surface area contributed by atoms with Crippen molar-refractivity contribution in [3.63, 3.8) is 0 Å². The SMILES string of the molecule is CCn1c(O)c(C2c3[nH]c4ccccc4c3CCN2C)c(=O)[nH]c1=O. The van der Waals surface area contributed by atoms with E-state index in [1.54, 1.807) is 6.92 Å². The van der Waals surface area contributed by atoms with Gasteiger partial charge in [-0.05, 0) is 32.0 Å². The van der Waals surface area contributed by atoms with Crippen LogP contribution in [0.4, 0.5) is 0 Å². The molecule has 4 rings (SSSR count). The summed E-state index contributed by atoms with van der Waals surface area (Å²) < 4.78 is 1.18. The van der Waals surface area contributed by atoms with Gasteiger partial charge in [-0.2, -0.15) is 0 Å². The molecule has 0 saturated carbocycles. The standard InChI is InChI=1S/C18H20N4O3/c1-3-22-17(24)13(16(23)20-18(22)25)15-14-11(8-9-21(15)2)10-6-4-5-7-12(10)19-14/h4-7,15,19,24H,3,8-9H2,1-2H3,(H,20,23,25). The van der Waals surface area contributed by atoms with Gasteiger partial charge in [0.05, 0.1) is 6.04 Å². The van der Waals surface area contributed by atoms with Gasteiger partial charge in [-0.25, -0.2) is 4.79 Å². The predicted octanol–water partition coefficient (Wildman–Crippen LogP) is 1.32. The van der Waals surface area contributed by atoms with Gasteiger partial charge >= 0.3 is 5.69 Å². The Labute approximate surface area is 143 Å². The predicted molar refractivity (Wildman–Crippen MR) is 95.1 cm³/mol. The molecular weight excluding hydrogens is 320 g/mol. The Morgan fingerprint density at radius 1 is 1.24 bits per heavy atom. The molecule has 1 aromatic carbocycles. The molecule has 1 atom stereocenters. The lowest BCUT2D eigenvalue weighted by atomic mass is 9.94. The van der Waals surface area contributed by atoms with E-state index in [-0.39, 0.29) is 18.0 Å². The van der Waals surface area contributed by atoms with Crippen molar-refractivity contribution >= 4 is 10.9 Å². The van der Waals surface area contributed by atoms with Crippen molar-refractivity contribution in [1.82, 2.24) is 19.4 Å². The van der Waals surface area contributed by atoms with E-state index < -0.39 is 17.3 Å². The highest BCUT2D eigenvalue weighted by atomic mass is 16.3. The number of benzene rings is 1. The minimum absolute atomic E-state index is 0.205. The molecule has 7 nitrogen and oxygen atoms in total. The third-order valence-corrected chi connectivity index (χ3v) is 5.07. The van der Waals surface area contributed by atoms with Crippen LogP contribution in [0.2, 0.25) is 0 Å². The van der Waals surface area contributed by atoms with Crippen molar-refractivity contribution < 1.29 is 5.11 Å². The van der Waals surface area contributed by atoms with Crippen LogP contribution < -0.4 is 11.2 Å². The smallest absolute Gasteiger partial charge is 0.331 e. The molecule has 25 heavy (non-hydrogen) atoms. The molecule has 1 aliphatic rings. The first-order valence-corrected chi connectivity index (χ1v) is 8.38. The Balaban J connectivity index is 2.02. The molecule has 0 bridgehead atoms. The van der Waals surface area contributed by atoms with Crippen LogP contribution in [0.15, 0.2) is 33.9 Å². The van der Waals surface area contributed by atoms with E-state index in [4.69, 9.17) is 0 Å². The number of likely N-dealkylation sites (N-methyl/N-ethyl adjacent to an activating group) is 1. The Morgan fingerprint density at radius 3 is 2.76 bits per heavy atom. The van der Waals surface area contributed by atoms with Crippen LogP contribution >= 0.6 is 0 Å². The Bertz CT molecular complexity index is 1080. The van der Waals surface area contributed by atoms with Crippen molar-refractivity contribution in [1.29, 1.82) is 0 Å². The highest BCUT2D eigenvalue weighted by Gasteiger charge is 2.34. The first-order valence-electron chi connectivity index (χ1n) is 8.38. The van der Waals surface area contributed by atoms with Crippen molar-refractivity contribution in [2.24, 2.45) is 0 Å². The number of H-pyrrole nitrogens is 2. The number of fused-ring (bicyclic) bond motifs is 3. The summed E-state index contributed by atoms with van der Waals surface area (Å²) in [5, 5.41) is 11.8. The van der Waals surface area contributed by atoms with Crippen LogP contribution in [0.3, 0.4) is 0 Å². The second-order valence-electron chi connectivity index (χ2n) is 6.44. The zero-order valence-electron chi connectivity index (χ0n) is 14.2. The minimum Gasteiger partial charge on any atom is -0.494 e. The summed E-state index contributed by atoms with van der Waals surface area (Å²) in [6, 6.07) is 7.58. The van der Waals surface area contributed by atoms with Crippen LogP contribution in [0.5, 0.6) is 5.88 Å². The highest BCUT2D eigenvalue weighted by Crippen LogP contribution is 2.38. The number of aromatic amines is 2. The average Bonchev–Trinajstić information content (AvgIpc) is 2.95. The number of para-hydroxylation sites is 1. The monoisotopic (exact) mass is 340 g/mol. The second kappa shape index (κ2) is 5.63. The van der Waals surface area contributed by atoms with E-state index in [2.05, 4.69) is 16.0 Å². The van der Waals surface area contributed by atoms with Gasteiger partial charge < -0.3 is 10.1 Å². The van der Waals surface area contributed by atoms with E-state index in [9.17, 15) is 14.7 Å².